The summed E-state index contributed by atoms with van der Waals surface area (Å²) in [5.41, 5.74) is 2.55. The molecule has 3 aromatic rings. The van der Waals surface area contributed by atoms with Gasteiger partial charge in [0.25, 0.3) is 5.56 Å². The maximum Gasteiger partial charge on any atom is 0.413 e. The molecule has 0 saturated heterocycles. The number of nitrogens with one attached hydrogen (secondary N) is 1. The van der Waals surface area contributed by atoms with E-state index >= 15 is 0 Å². The highest BCUT2D eigenvalue weighted by Crippen LogP contribution is 2.35. The highest BCUT2D eigenvalue weighted by atomic mass is 16.5. The van der Waals surface area contributed by atoms with Crippen LogP contribution in [0.3, 0.4) is 0 Å². The number of rotatable bonds is 6. The van der Waals surface area contributed by atoms with E-state index in [-0.39, 0.29) is 5.56 Å². The Morgan fingerprint density at radius 3 is 2.52 bits per heavy atom. The minimum absolute atomic E-state index is 0.353. The average molecular weight is 426 g/mol. The van der Waals surface area contributed by atoms with E-state index in [1.54, 1.807) is 27.1 Å². The number of methoxy groups -OCH3 is 3. The number of hydrogen-bond acceptors (Lipinski definition) is 7. The van der Waals surface area contributed by atoms with E-state index in [1.165, 1.54) is 19.1 Å². The molecule has 0 spiro atoms. The summed E-state index contributed by atoms with van der Waals surface area (Å²) < 4.78 is 15.6. The maximum absolute atomic E-state index is 12.8. The van der Waals surface area contributed by atoms with Gasteiger partial charge in [-0.15, -0.1) is 0 Å². The number of carbonyl (C=O) groups is 1. The number of aromatic amines is 1. The number of H-pyrrole nitrogens is 1. The Morgan fingerprint density at radius 2 is 1.87 bits per heavy atom. The highest BCUT2D eigenvalue weighted by Gasteiger charge is 2.17. The first kappa shape index (κ1) is 21.9. The SMILES string of the molecule is COC(=O)N(C)c1cccc(CN(C)c2nc(=O)c3c(C)c(OC)c(OC)cc3[nH]2)c1. The lowest BCUT2D eigenvalue weighted by Gasteiger charge is -2.21. The molecule has 1 amide bonds. The lowest BCUT2D eigenvalue weighted by Crippen LogP contribution is -2.26. The molecule has 9 nitrogen and oxygen atoms in total. The zero-order valence-electron chi connectivity index (χ0n) is 18.5. The molecular weight excluding hydrogens is 400 g/mol. The number of ether oxygens (including phenoxy) is 3. The first-order valence-corrected chi connectivity index (χ1v) is 9.58. The molecule has 2 aromatic carbocycles. The number of aromatic nitrogens is 2. The molecule has 0 atom stereocenters. The van der Waals surface area contributed by atoms with Crippen LogP contribution in [-0.4, -0.2) is 51.5 Å². The molecule has 31 heavy (non-hydrogen) atoms. The molecule has 9 heteroatoms. The number of hydrogen-bond donors (Lipinski definition) is 1. The molecule has 0 bridgehead atoms. The number of anilines is 2. The van der Waals surface area contributed by atoms with Crippen molar-refractivity contribution in [3.05, 3.63) is 51.8 Å². The van der Waals surface area contributed by atoms with Crippen molar-refractivity contribution in [1.82, 2.24) is 9.97 Å². The molecular formula is C22H26N4O5. The number of fused-ring (bicyclic) bond motifs is 1. The average Bonchev–Trinajstić information content (AvgIpc) is 2.77. The van der Waals surface area contributed by atoms with Crippen LogP contribution >= 0.6 is 0 Å². The van der Waals surface area contributed by atoms with Gasteiger partial charge in [-0.25, -0.2) is 4.79 Å². The molecule has 0 saturated carbocycles. The molecule has 0 unspecified atom stereocenters. The number of amides is 1. The van der Waals surface area contributed by atoms with E-state index in [2.05, 4.69) is 9.97 Å². The number of benzene rings is 2. The van der Waals surface area contributed by atoms with Crippen LogP contribution in [0.25, 0.3) is 10.9 Å². The van der Waals surface area contributed by atoms with Gasteiger partial charge in [0.2, 0.25) is 5.95 Å². The summed E-state index contributed by atoms with van der Waals surface area (Å²) in [6.07, 6.45) is -0.453. The Morgan fingerprint density at radius 1 is 1.13 bits per heavy atom. The largest absolute Gasteiger partial charge is 0.493 e. The van der Waals surface area contributed by atoms with Crippen molar-refractivity contribution in [2.24, 2.45) is 0 Å². The third kappa shape index (κ3) is 4.25. The third-order valence-electron chi connectivity index (χ3n) is 5.10. The van der Waals surface area contributed by atoms with Crippen LogP contribution in [0.2, 0.25) is 0 Å². The summed E-state index contributed by atoms with van der Waals surface area (Å²) >= 11 is 0. The van der Waals surface area contributed by atoms with Gasteiger partial charge < -0.3 is 24.1 Å². The van der Waals surface area contributed by atoms with E-state index < -0.39 is 6.09 Å². The fourth-order valence-electron chi connectivity index (χ4n) is 3.48. The van der Waals surface area contributed by atoms with Crippen LogP contribution in [0.1, 0.15) is 11.1 Å². The van der Waals surface area contributed by atoms with Crippen LogP contribution in [0.5, 0.6) is 11.5 Å². The minimum atomic E-state index is -0.453. The van der Waals surface area contributed by atoms with Gasteiger partial charge >= 0.3 is 6.09 Å². The van der Waals surface area contributed by atoms with Crippen LogP contribution in [0.4, 0.5) is 16.4 Å². The van der Waals surface area contributed by atoms with Gasteiger partial charge in [0, 0.05) is 38.0 Å². The van der Waals surface area contributed by atoms with Crippen LogP contribution in [0.15, 0.2) is 35.1 Å². The van der Waals surface area contributed by atoms with Crippen molar-refractivity contribution >= 4 is 28.6 Å². The fraction of sp³-hybridized carbons (Fsp3) is 0.318. The molecule has 0 aliphatic heterocycles. The highest BCUT2D eigenvalue weighted by molar-refractivity contribution is 5.87. The monoisotopic (exact) mass is 426 g/mol. The second-order valence-corrected chi connectivity index (χ2v) is 7.08. The molecule has 1 aromatic heterocycles. The van der Waals surface area contributed by atoms with Crippen LogP contribution in [-0.2, 0) is 11.3 Å². The Hall–Kier alpha value is -3.75. The molecule has 0 aliphatic rings. The molecule has 0 aliphatic carbocycles. The number of carbonyl (C=O) groups excluding carboxylic acids is 1. The normalized spacial score (nSPS) is 10.6. The van der Waals surface area contributed by atoms with Crippen molar-refractivity contribution in [1.29, 1.82) is 0 Å². The summed E-state index contributed by atoms with van der Waals surface area (Å²) in [6.45, 7) is 2.26. The second kappa shape index (κ2) is 8.95. The topological polar surface area (TPSA) is 97.0 Å². The minimum Gasteiger partial charge on any atom is -0.493 e. The quantitative estimate of drug-likeness (QED) is 0.647. The van der Waals surface area contributed by atoms with Gasteiger partial charge in [-0.3, -0.25) is 9.69 Å². The Bertz CT molecular complexity index is 1170. The molecule has 1 heterocycles. The van der Waals surface area contributed by atoms with E-state index in [9.17, 15) is 9.59 Å². The van der Waals surface area contributed by atoms with Crippen LogP contribution in [0, 0.1) is 6.92 Å². The van der Waals surface area contributed by atoms with Gasteiger partial charge in [-0.05, 0) is 24.6 Å². The molecule has 3 rings (SSSR count). The van der Waals surface area contributed by atoms with Crippen molar-refractivity contribution in [3.63, 3.8) is 0 Å². The fourth-order valence-corrected chi connectivity index (χ4v) is 3.48. The van der Waals surface area contributed by atoms with E-state index in [1.807, 2.05) is 36.2 Å². The number of aryl methyl sites for hydroxylation is 1. The summed E-state index contributed by atoms with van der Waals surface area (Å²) in [4.78, 5) is 35.2. The van der Waals surface area contributed by atoms with Crippen molar-refractivity contribution in [2.45, 2.75) is 13.5 Å². The number of nitrogens with zero attached hydrogens (tertiary/aromatic N) is 3. The molecule has 0 radical (unpaired) electrons. The van der Waals surface area contributed by atoms with Gasteiger partial charge in [0.15, 0.2) is 11.5 Å². The van der Waals surface area contributed by atoms with Gasteiger partial charge in [-0.1, -0.05) is 12.1 Å². The lowest BCUT2D eigenvalue weighted by atomic mass is 10.1. The van der Waals surface area contributed by atoms with Gasteiger partial charge in [0.05, 0.1) is 32.2 Å². The Kier molecular flexibility index (Phi) is 6.33. The first-order chi connectivity index (χ1) is 14.8. The molecule has 0 fully saturated rings. The predicted molar refractivity (Wildman–Crippen MR) is 120 cm³/mol. The standard InChI is InChI=1S/C22H26N4O5/c1-13-18-16(11-17(29-4)19(13)30-5)23-21(24-20(18)27)25(2)12-14-8-7-9-15(10-14)26(3)22(28)31-6/h7-11H,12H2,1-6H3,(H,23,24,27). The van der Waals surface area contributed by atoms with Crippen molar-refractivity contribution in [3.8, 4) is 11.5 Å². The maximum atomic E-state index is 12.8. The summed E-state index contributed by atoms with van der Waals surface area (Å²) in [7, 11) is 7.89. The van der Waals surface area contributed by atoms with E-state index in [0.29, 0.717) is 46.1 Å². The first-order valence-electron chi connectivity index (χ1n) is 9.58. The van der Waals surface area contributed by atoms with Crippen LogP contribution < -0.4 is 24.8 Å². The molecule has 1 N–H and O–H groups in total. The second-order valence-electron chi connectivity index (χ2n) is 7.08. The van der Waals surface area contributed by atoms with Crippen molar-refractivity contribution in [2.75, 3.05) is 45.2 Å². The van der Waals surface area contributed by atoms with E-state index in [0.717, 1.165) is 5.56 Å². The lowest BCUT2D eigenvalue weighted by molar-refractivity contribution is 0.180. The van der Waals surface area contributed by atoms with Gasteiger partial charge in [-0.2, -0.15) is 4.98 Å². The third-order valence-corrected chi connectivity index (χ3v) is 5.10. The van der Waals surface area contributed by atoms with E-state index in [4.69, 9.17) is 14.2 Å². The predicted octanol–water partition coefficient (Wildman–Crippen LogP) is 3.09. The summed E-state index contributed by atoms with van der Waals surface area (Å²) in [5.74, 6) is 1.45. The van der Waals surface area contributed by atoms with Gasteiger partial charge in [0.1, 0.15) is 0 Å². The zero-order valence-corrected chi connectivity index (χ0v) is 18.5. The summed E-state index contributed by atoms with van der Waals surface area (Å²) in [6, 6.07) is 9.22. The molecule has 164 valence electrons. The Balaban J connectivity index is 1.96. The summed E-state index contributed by atoms with van der Waals surface area (Å²) in [5, 5.41) is 0.455. The Labute approximate surface area is 180 Å². The van der Waals surface area contributed by atoms with Crippen molar-refractivity contribution < 1.29 is 19.0 Å². The smallest absolute Gasteiger partial charge is 0.413 e. The zero-order chi connectivity index (χ0) is 22.7.